The lowest BCUT2D eigenvalue weighted by Gasteiger charge is -2.40. The van der Waals surface area contributed by atoms with Gasteiger partial charge in [-0.1, -0.05) is 31.2 Å². The molecule has 2 fully saturated rings. The molecule has 0 aromatic carbocycles. The predicted octanol–water partition coefficient (Wildman–Crippen LogP) is 5.61. The summed E-state index contributed by atoms with van der Waals surface area (Å²) in [6, 6.07) is 3.05. The summed E-state index contributed by atoms with van der Waals surface area (Å²) in [5.41, 5.74) is 2.88. The summed E-state index contributed by atoms with van der Waals surface area (Å²) in [7, 11) is -1.17. The van der Waals surface area contributed by atoms with Crippen molar-refractivity contribution < 1.29 is 14.3 Å². The van der Waals surface area contributed by atoms with Crippen LogP contribution in [-0.4, -0.2) is 59.1 Å². The number of amides is 1. The van der Waals surface area contributed by atoms with E-state index >= 15 is 0 Å². The van der Waals surface area contributed by atoms with Crippen LogP contribution < -0.4 is 0 Å². The van der Waals surface area contributed by atoms with Crippen LogP contribution in [0.2, 0.25) is 30.8 Å². The molecule has 0 radical (unpaired) electrons. The van der Waals surface area contributed by atoms with E-state index < -0.39 is 13.7 Å². The van der Waals surface area contributed by atoms with E-state index in [1.807, 2.05) is 26.8 Å². The molecule has 4 rings (SSSR count). The van der Waals surface area contributed by atoms with E-state index in [0.29, 0.717) is 30.9 Å². The smallest absolute Gasteiger partial charge is 0.410 e. The maximum atomic E-state index is 12.5. The van der Waals surface area contributed by atoms with E-state index in [0.717, 1.165) is 23.7 Å². The SMILES string of the molecule is CC(C)(C)OC(=O)N1CC(c2c(C3CC3)c3cc(Cl)nnc3n2COCC[Si](C)(C)C)C1. The van der Waals surface area contributed by atoms with Crippen LogP contribution in [0.3, 0.4) is 0 Å². The summed E-state index contributed by atoms with van der Waals surface area (Å²) in [4.78, 5) is 14.3. The van der Waals surface area contributed by atoms with Gasteiger partial charge < -0.3 is 18.9 Å². The quantitative estimate of drug-likeness (QED) is 0.382. The van der Waals surface area contributed by atoms with Crippen molar-refractivity contribution in [1.29, 1.82) is 0 Å². The Hall–Kier alpha value is -1.64. The van der Waals surface area contributed by atoms with Gasteiger partial charge in [0.05, 0.1) is 0 Å². The number of nitrogens with zero attached hydrogens (tertiary/aromatic N) is 4. The molecule has 3 heterocycles. The van der Waals surface area contributed by atoms with Crippen LogP contribution in [0.15, 0.2) is 6.07 Å². The Morgan fingerprint density at radius 3 is 2.47 bits per heavy atom. The van der Waals surface area contributed by atoms with Crippen LogP contribution in [0.1, 0.15) is 56.7 Å². The molecule has 0 spiro atoms. The highest BCUT2D eigenvalue weighted by molar-refractivity contribution is 6.76. The second-order valence-electron chi connectivity index (χ2n) is 11.3. The van der Waals surface area contributed by atoms with Crippen LogP contribution in [0, 0.1) is 0 Å². The Labute approximate surface area is 196 Å². The van der Waals surface area contributed by atoms with E-state index in [2.05, 4.69) is 34.4 Å². The Morgan fingerprint density at radius 1 is 1.19 bits per heavy atom. The number of halogens is 1. The minimum absolute atomic E-state index is 0.228. The molecule has 1 saturated heterocycles. The summed E-state index contributed by atoms with van der Waals surface area (Å²) >= 11 is 6.23. The summed E-state index contributed by atoms with van der Waals surface area (Å²) < 4.78 is 13.9. The Morgan fingerprint density at radius 2 is 1.88 bits per heavy atom. The number of likely N-dealkylation sites (tertiary alicyclic amines) is 1. The van der Waals surface area contributed by atoms with Crippen molar-refractivity contribution in [2.24, 2.45) is 0 Å². The van der Waals surface area contributed by atoms with Gasteiger partial charge >= 0.3 is 6.09 Å². The lowest BCUT2D eigenvalue weighted by molar-refractivity contribution is 0.00675. The number of rotatable bonds is 7. The second kappa shape index (κ2) is 8.61. The molecule has 176 valence electrons. The second-order valence-corrected chi connectivity index (χ2v) is 17.3. The molecule has 32 heavy (non-hydrogen) atoms. The third-order valence-electron chi connectivity index (χ3n) is 5.98. The Kier molecular flexibility index (Phi) is 6.33. The van der Waals surface area contributed by atoms with Crippen molar-refractivity contribution in [3.05, 3.63) is 22.5 Å². The fourth-order valence-corrected chi connectivity index (χ4v) is 5.09. The van der Waals surface area contributed by atoms with Gasteiger partial charge in [-0.15, -0.1) is 10.2 Å². The third kappa shape index (κ3) is 5.29. The molecule has 1 saturated carbocycles. The molecule has 2 aliphatic rings. The molecule has 0 N–H and O–H groups in total. The van der Waals surface area contributed by atoms with Crippen LogP contribution in [0.25, 0.3) is 11.0 Å². The average Bonchev–Trinajstić information content (AvgIpc) is 3.39. The lowest BCUT2D eigenvalue weighted by Crippen LogP contribution is -2.51. The van der Waals surface area contributed by atoms with Crippen LogP contribution >= 0.6 is 11.6 Å². The lowest BCUT2D eigenvalue weighted by atomic mass is 9.91. The van der Waals surface area contributed by atoms with Crippen LogP contribution in [-0.2, 0) is 16.2 Å². The minimum atomic E-state index is -1.17. The molecular weight excluding hydrogens is 444 g/mol. The number of fused-ring (bicyclic) bond motifs is 1. The molecule has 1 aliphatic carbocycles. The van der Waals surface area contributed by atoms with E-state index in [1.165, 1.54) is 24.1 Å². The van der Waals surface area contributed by atoms with Crippen LogP contribution in [0.5, 0.6) is 0 Å². The van der Waals surface area contributed by atoms with Gasteiger partial charge in [-0.05, 0) is 57.2 Å². The summed E-state index contributed by atoms with van der Waals surface area (Å²) in [5.74, 6) is 0.748. The first kappa shape index (κ1) is 23.5. The zero-order valence-electron chi connectivity index (χ0n) is 20.1. The van der Waals surface area contributed by atoms with Crippen molar-refractivity contribution >= 4 is 36.8 Å². The zero-order chi connectivity index (χ0) is 23.3. The summed E-state index contributed by atoms with van der Waals surface area (Å²) in [6.45, 7) is 15.2. The molecule has 0 atom stereocenters. The van der Waals surface area contributed by atoms with Crippen LogP contribution in [0.4, 0.5) is 4.79 Å². The van der Waals surface area contributed by atoms with Gasteiger partial charge in [-0.3, -0.25) is 0 Å². The summed E-state index contributed by atoms with van der Waals surface area (Å²) in [5, 5.41) is 10.1. The standard InChI is InChI=1S/C23H35ClN4O3Si/c1-23(2,3)31-22(29)27-12-16(13-27)20-19(15-7-8-15)17-11-18(24)25-26-21(17)28(20)14-30-9-10-32(4,5)6/h11,15-16H,7-10,12-14H2,1-6H3. The van der Waals surface area contributed by atoms with E-state index in [9.17, 15) is 4.79 Å². The molecule has 0 bridgehead atoms. The fourth-order valence-electron chi connectivity index (χ4n) is 4.19. The monoisotopic (exact) mass is 478 g/mol. The van der Waals surface area contributed by atoms with Crippen molar-refractivity contribution in [2.45, 2.75) is 83.5 Å². The molecular formula is C23H35ClN4O3Si. The fraction of sp³-hybridized carbons (Fsp3) is 0.696. The zero-order valence-corrected chi connectivity index (χ0v) is 21.8. The number of hydrogen-bond donors (Lipinski definition) is 0. The van der Waals surface area contributed by atoms with Gasteiger partial charge in [0.15, 0.2) is 10.8 Å². The van der Waals surface area contributed by atoms with Crippen molar-refractivity contribution in [3.8, 4) is 0 Å². The molecule has 2 aromatic heterocycles. The predicted molar refractivity (Wildman–Crippen MR) is 129 cm³/mol. The third-order valence-corrected chi connectivity index (χ3v) is 7.87. The minimum Gasteiger partial charge on any atom is -0.444 e. The summed E-state index contributed by atoms with van der Waals surface area (Å²) in [6.07, 6.45) is 2.09. The topological polar surface area (TPSA) is 69.5 Å². The van der Waals surface area contributed by atoms with Gasteiger partial charge in [0.25, 0.3) is 0 Å². The number of carbonyl (C=O) groups is 1. The van der Waals surface area contributed by atoms with E-state index in [1.54, 1.807) is 4.90 Å². The maximum Gasteiger partial charge on any atom is 0.410 e. The highest BCUT2D eigenvalue weighted by Crippen LogP contribution is 2.49. The maximum absolute atomic E-state index is 12.5. The molecule has 7 nitrogen and oxygen atoms in total. The van der Waals surface area contributed by atoms with Gasteiger partial charge in [-0.2, -0.15) is 0 Å². The first-order chi connectivity index (χ1) is 14.9. The first-order valence-corrected chi connectivity index (χ1v) is 15.6. The van der Waals surface area contributed by atoms with Crippen molar-refractivity contribution in [2.75, 3.05) is 19.7 Å². The van der Waals surface area contributed by atoms with Crippen molar-refractivity contribution in [3.63, 3.8) is 0 Å². The molecule has 2 aromatic rings. The normalized spacial score (nSPS) is 17.7. The first-order valence-electron chi connectivity index (χ1n) is 11.5. The van der Waals surface area contributed by atoms with Gasteiger partial charge in [0.1, 0.15) is 12.3 Å². The molecule has 0 unspecified atom stereocenters. The number of carbonyl (C=O) groups excluding carboxylic acids is 1. The average molecular weight is 479 g/mol. The van der Waals surface area contributed by atoms with Crippen molar-refractivity contribution in [1.82, 2.24) is 19.7 Å². The molecule has 9 heteroatoms. The Bertz CT molecular complexity index is 1000. The van der Waals surface area contributed by atoms with Gasteiger partial charge in [0, 0.05) is 44.8 Å². The molecule has 1 amide bonds. The van der Waals surface area contributed by atoms with E-state index in [-0.39, 0.29) is 12.0 Å². The highest BCUT2D eigenvalue weighted by atomic mass is 35.5. The number of ether oxygens (including phenoxy) is 2. The highest BCUT2D eigenvalue weighted by Gasteiger charge is 2.41. The number of aromatic nitrogens is 3. The molecule has 1 aliphatic heterocycles. The van der Waals surface area contributed by atoms with Gasteiger partial charge in [-0.25, -0.2) is 4.79 Å². The number of hydrogen-bond acceptors (Lipinski definition) is 5. The largest absolute Gasteiger partial charge is 0.444 e. The Balaban J connectivity index is 1.60. The van der Waals surface area contributed by atoms with Gasteiger partial charge in [0.2, 0.25) is 0 Å². The van der Waals surface area contributed by atoms with E-state index in [4.69, 9.17) is 21.1 Å².